The van der Waals surface area contributed by atoms with Crippen LogP contribution in [0.1, 0.15) is 12.5 Å². The summed E-state index contributed by atoms with van der Waals surface area (Å²) >= 11 is 0. The van der Waals surface area contributed by atoms with Crippen molar-refractivity contribution in [3.05, 3.63) is 35.9 Å². The highest BCUT2D eigenvalue weighted by atomic mass is 16.7. The van der Waals surface area contributed by atoms with Gasteiger partial charge in [-0.2, -0.15) is 0 Å². The molecule has 0 fully saturated rings. The highest BCUT2D eigenvalue weighted by Crippen LogP contribution is 2.32. The molecule has 0 unspecified atom stereocenters. The van der Waals surface area contributed by atoms with Gasteiger partial charge in [-0.05, 0) is 31.7 Å². The molecule has 0 spiro atoms. The van der Waals surface area contributed by atoms with Crippen LogP contribution in [0.4, 0.5) is 0 Å². The van der Waals surface area contributed by atoms with E-state index in [1.165, 1.54) is 11.1 Å². The molecule has 0 atom stereocenters. The van der Waals surface area contributed by atoms with Gasteiger partial charge in [-0.25, -0.2) is 0 Å². The average Bonchev–Trinajstić information content (AvgIpc) is 2.63. The van der Waals surface area contributed by atoms with E-state index in [2.05, 4.69) is 24.6 Å². The van der Waals surface area contributed by atoms with E-state index in [0.717, 1.165) is 24.6 Å². The first-order valence-electron chi connectivity index (χ1n) is 5.36. The lowest BCUT2D eigenvalue weighted by atomic mass is 10.2. The zero-order valence-corrected chi connectivity index (χ0v) is 9.82. The van der Waals surface area contributed by atoms with E-state index in [9.17, 15) is 0 Å². The maximum Gasteiger partial charge on any atom is 0.231 e. The van der Waals surface area contributed by atoms with Crippen LogP contribution >= 0.6 is 0 Å². The summed E-state index contributed by atoms with van der Waals surface area (Å²) in [7, 11) is 2.08. The third-order valence-electron chi connectivity index (χ3n) is 2.43. The number of likely N-dealkylation sites (N-methyl/N-ethyl adjacent to an activating group) is 1. The van der Waals surface area contributed by atoms with Crippen LogP contribution < -0.4 is 9.47 Å². The standard InChI is InChI=1S/C13H17NO2/c1-10(2)7-14(3)8-11-4-5-12-13(6-11)16-9-15-12/h4-6H,1,7-9H2,2-3H3. The maximum atomic E-state index is 5.34. The Hall–Kier alpha value is -1.48. The van der Waals surface area contributed by atoms with Crippen LogP contribution in [0.3, 0.4) is 0 Å². The first-order valence-corrected chi connectivity index (χ1v) is 5.36. The fourth-order valence-corrected chi connectivity index (χ4v) is 1.87. The van der Waals surface area contributed by atoms with Crippen LogP contribution in [0, 0.1) is 0 Å². The van der Waals surface area contributed by atoms with Crippen LogP contribution in [-0.2, 0) is 6.54 Å². The molecular formula is C13H17NO2. The molecule has 0 aliphatic carbocycles. The van der Waals surface area contributed by atoms with Gasteiger partial charge in [0.15, 0.2) is 11.5 Å². The molecule has 0 bridgehead atoms. The van der Waals surface area contributed by atoms with Gasteiger partial charge in [0.05, 0.1) is 0 Å². The fourth-order valence-electron chi connectivity index (χ4n) is 1.87. The maximum absolute atomic E-state index is 5.34. The SMILES string of the molecule is C=C(C)CN(C)Cc1ccc2c(c1)OCO2. The number of fused-ring (bicyclic) bond motifs is 1. The van der Waals surface area contributed by atoms with Gasteiger partial charge in [-0.1, -0.05) is 18.2 Å². The van der Waals surface area contributed by atoms with Gasteiger partial charge in [0.25, 0.3) is 0 Å². The summed E-state index contributed by atoms with van der Waals surface area (Å²) in [5.74, 6) is 1.69. The third kappa shape index (κ3) is 2.55. The zero-order valence-electron chi connectivity index (χ0n) is 9.82. The summed E-state index contributed by atoms with van der Waals surface area (Å²) < 4.78 is 10.6. The number of hydrogen-bond acceptors (Lipinski definition) is 3. The number of rotatable bonds is 4. The monoisotopic (exact) mass is 219 g/mol. The second-order valence-electron chi connectivity index (χ2n) is 4.32. The number of hydrogen-bond donors (Lipinski definition) is 0. The molecule has 86 valence electrons. The van der Waals surface area contributed by atoms with Gasteiger partial charge in [0, 0.05) is 13.1 Å². The van der Waals surface area contributed by atoms with Gasteiger partial charge in [-0.15, -0.1) is 0 Å². The fraction of sp³-hybridized carbons (Fsp3) is 0.385. The first kappa shape index (κ1) is 11.0. The molecule has 1 aliphatic rings. The summed E-state index contributed by atoms with van der Waals surface area (Å²) in [5, 5.41) is 0. The van der Waals surface area contributed by atoms with Gasteiger partial charge >= 0.3 is 0 Å². The predicted molar refractivity (Wildman–Crippen MR) is 63.7 cm³/mol. The van der Waals surface area contributed by atoms with E-state index < -0.39 is 0 Å². The van der Waals surface area contributed by atoms with Crippen LogP contribution in [0.5, 0.6) is 11.5 Å². The van der Waals surface area contributed by atoms with Crippen LogP contribution in [0.15, 0.2) is 30.4 Å². The second-order valence-corrected chi connectivity index (χ2v) is 4.32. The lowest BCUT2D eigenvalue weighted by Crippen LogP contribution is -2.19. The van der Waals surface area contributed by atoms with Crippen molar-refractivity contribution in [3.63, 3.8) is 0 Å². The normalized spacial score (nSPS) is 13.2. The highest BCUT2D eigenvalue weighted by Gasteiger charge is 2.13. The van der Waals surface area contributed by atoms with E-state index in [1.807, 2.05) is 19.1 Å². The van der Waals surface area contributed by atoms with Crippen LogP contribution in [-0.4, -0.2) is 25.3 Å². The summed E-state index contributed by atoms with van der Waals surface area (Å²) in [6.07, 6.45) is 0. The lowest BCUT2D eigenvalue weighted by Gasteiger charge is -2.16. The Balaban J connectivity index is 2.02. The summed E-state index contributed by atoms with van der Waals surface area (Å²) in [6.45, 7) is 8.08. The van der Waals surface area contributed by atoms with Gasteiger partial charge in [0.1, 0.15) is 0 Å². The smallest absolute Gasteiger partial charge is 0.231 e. The van der Waals surface area contributed by atoms with Crippen molar-refractivity contribution in [2.45, 2.75) is 13.5 Å². The van der Waals surface area contributed by atoms with E-state index in [0.29, 0.717) is 6.79 Å². The molecule has 2 rings (SSSR count). The number of nitrogens with zero attached hydrogens (tertiary/aromatic N) is 1. The minimum absolute atomic E-state index is 0.334. The average molecular weight is 219 g/mol. The van der Waals surface area contributed by atoms with E-state index in [1.54, 1.807) is 0 Å². The van der Waals surface area contributed by atoms with Crippen molar-refractivity contribution < 1.29 is 9.47 Å². The molecule has 1 heterocycles. The zero-order chi connectivity index (χ0) is 11.5. The molecule has 16 heavy (non-hydrogen) atoms. The molecule has 3 heteroatoms. The molecule has 0 saturated heterocycles. The summed E-state index contributed by atoms with van der Waals surface area (Å²) in [6, 6.07) is 6.08. The lowest BCUT2D eigenvalue weighted by molar-refractivity contribution is 0.174. The number of benzene rings is 1. The Labute approximate surface area is 96.3 Å². The molecule has 0 amide bonds. The Morgan fingerprint density at radius 2 is 2.12 bits per heavy atom. The minimum atomic E-state index is 0.334. The Bertz CT molecular complexity index is 401. The van der Waals surface area contributed by atoms with E-state index in [-0.39, 0.29) is 0 Å². The second kappa shape index (κ2) is 4.58. The topological polar surface area (TPSA) is 21.7 Å². The van der Waals surface area contributed by atoms with Crippen LogP contribution in [0.25, 0.3) is 0 Å². The number of ether oxygens (including phenoxy) is 2. The largest absolute Gasteiger partial charge is 0.454 e. The highest BCUT2D eigenvalue weighted by molar-refractivity contribution is 5.44. The van der Waals surface area contributed by atoms with Crippen molar-refractivity contribution >= 4 is 0 Å². The predicted octanol–water partition coefficient (Wildman–Crippen LogP) is 2.42. The Morgan fingerprint density at radius 3 is 2.88 bits per heavy atom. The van der Waals surface area contributed by atoms with Crippen molar-refractivity contribution in [1.82, 2.24) is 4.90 Å². The van der Waals surface area contributed by atoms with Gasteiger partial charge in [0.2, 0.25) is 6.79 Å². The quantitative estimate of drug-likeness (QED) is 0.726. The molecule has 3 nitrogen and oxygen atoms in total. The first-order chi connectivity index (χ1) is 7.65. The van der Waals surface area contributed by atoms with E-state index >= 15 is 0 Å². The Kier molecular flexibility index (Phi) is 3.15. The third-order valence-corrected chi connectivity index (χ3v) is 2.43. The Morgan fingerprint density at radius 1 is 1.38 bits per heavy atom. The van der Waals surface area contributed by atoms with Crippen molar-refractivity contribution in [2.75, 3.05) is 20.4 Å². The van der Waals surface area contributed by atoms with Gasteiger partial charge in [-0.3, -0.25) is 4.90 Å². The molecule has 1 aromatic carbocycles. The molecule has 0 N–H and O–H groups in total. The van der Waals surface area contributed by atoms with Crippen LogP contribution in [0.2, 0.25) is 0 Å². The summed E-state index contributed by atoms with van der Waals surface area (Å²) in [4.78, 5) is 2.22. The molecule has 0 saturated carbocycles. The molecule has 1 aromatic rings. The molecule has 0 aromatic heterocycles. The minimum Gasteiger partial charge on any atom is -0.454 e. The van der Waals surface area contributed by atoms with Crippen molar-refractivity contribution in [1.29, 1.82) is 0 Å². The molecule has 1 aliphatic heterocycles. The molecular weight excluding hydrogens is 202 g/mol. The summed E-state index contributed by atoms with van der Waals surface area (Å²) in [5.41, 5.74) is 2.40. The van der Waals surface area contributed by atoms with Gasteiger partial charge < -0.3 is 9.47 Å². The van der Waals surface area contributed by atoms with Crippen molar-refractivity contribution in [2.24, 2.45) is 0 Å². The van der Waals surface area contributed by atoms with E-state index in [4.69, 9.17) is 9.47 Å². The molecule has 0 radical (unpaired) electrons. The van der Waals surface area contributed by atoms with Crippen molar-refractivity contribution in [3.8, 4) is 11.5 Å².